The van der Waals surface area contributed by atoms with Crippen LogP contribution in [0, 0.1) is 5.92 Å². The van der Waals surface area contributed by atoms with Crippen LogP contribution in [0.5, 0.6) is 5.75 Å². The van der Waals surface area contributed by atoms with Crippen molar-refractivity contribution in [1.82, 2.24) is 5.32 Å². The number of ether oxygens (including phenoxy) is 1. The van der Waals surface area contributed by atoms with Gasteiger partial charge in [-0.25, -0.2) is 4.99 Å². The normalized spacial score (nSPS) is 17.0. The van der Waals surface area contributed by atoms with Crippen LogP contribution in [0.1, 0.15) is 60.0 Å². The summed E-state index contributed by atoms with van der Waals surface area (Å²) in [6.07, 6.45) is 7.25. The third kappa shape index (κ3) is 4.77. The first kappa shape index (κ1) is 21.9. The van der Waals surface area contributed by atoms with Gasteiger partial charge in [0, 0.05) is 22.7 Å². The monoisotopic (exact) mass is 429 g/mol. The zero-order valence-electron chi connectivity index (χ0n) is 18.7. The summed E-state index contributed by atoms with van der Waals surface area (Å²) < 4.78 is 5.40. The minimum atomic E-state index is -0.171. The van der Waals surface area contributed by atoms with Crippen molar-refractivity contribution in [3.05, 3.63) is 83.2 Å². The predicted molar refractivity (Wildman–Crippen MR) is 129 cm³/mol. The minimum absolute atomic E-state index is 0.171. The Balaban J connectivity index is 1.69. The fourth-order valence-electron chi connectivity index (χ4n) is 4.59. The molecule has 0 unspecified atom stereocenters. The molecule has 1 saturated carbocycles. The highest BCUT2D eigenvalue weighted by Gasteiger charge is 2.25. The maximum Gasteiger partial charge on any atom is 0.255 e. The van der Waals surface area contributed by atoms with Crippen LogP contribution in [0.15, 0.2) is 71.5 Å². The molecule has 2 aromatic rings. The van der Waals surface area contributed by atoms with Gasteiger partial charge in [-0.15, -0.1) is 0 Å². The molecule has 0 aromatic heterocycles. The number of methoxy groups -OCH3 is 1. The van der Waals surface area contributed by atoms with E-state index >= 15 is 0 Å². The maximum atomic E-state index is 12.8. The van der Waals surface area contributed by atoms with Gasteiger partial charge in [0.05, 0.1) is 24.2 Å². The number of benzene rings is 2. The lowest BCUT2D eigenvalue weighted by atomic mass is 9.84. The van der Waals surface area contributed by atoms with Crippen molar-refractivity contribution >= 4 is 17.3 Å². The molecule has 0 bridgehead atoms. The smallest absolute Gasteiger partial charge is 0.255 e. The van der Waals surface area contributed by atoms with E-state index in [1.165, 1.54) is 12.0 Å². The number of aryl methyl sites for hydroxylation is 1. The predicted octanol–water partition coefficient (Wildman–Crippen LogP) is 5.23. The molecule has 0 saturated heterocycles. The SMILES string of the molecule is C=C(NC(=O)c1ccccc1)C(=NC1=C(N)CCc2cc(OC)ccc21)C1CCCCC1. The fraction of sp³-hybridized carbons (Fsp3) is 0.333. The number of carbonyl (C=O) groups is 1. The van der Waals surface area contributed by atoms with Gasteiger partial charge in [-0.2, -0.15) is 0 Å². The van der Waals surface area contributed by atoms with Gasteiger partial charge in [-0.05, 0) is 61.6 Å². The number of hydrogen-bond donors (Lipinski definition) is 2. The van der Waals surface area contributed by atoms with Crippen LogP contribution >= 0.6 is 0 Å². The molecule has 5 heteroatoms. The molecule has 5 nitrogen and oxygen atoms in total. The van der Waals surface area contributed by atoms with Crippen molar-refractivity contribution in [3.8, 4) is 5.75 Å². The number of fused-ring (bicyclic) bond motifs is 1. The lowest BCUT2D eigenvalue weighted by Gasteiger charge is -2.27. The molecule has 2 aliphatic rings. The highest BCUT2D eigenvalue weighted by molar-refractivity contribution is 6.08. The van der Waals surface area contributed by atoms with Crippen LogP contribution in [-0.2, 0) is 6.42 Å². The Morgan fingerprint density at radius 1 is 1.09 bits per heavy atom. The maximum absolute atomic E-state index is 12.8. The van der Waals surface area contributed by atoms with Crippen molar-refractivity contribution < 1.29 is 9.53 Å². The van der Waals surface area contributed by atoms with E-state index in [4.69, 9.17) is 15.5 Å². The zero-order valence-corrected chi connectivity index (χ0v) is 18.7. The summed E-state index contributed by atoms with van der Waals surface area (Å²) in [6.45, 7) is 4.22. The van der Waals surface area contributed by atoms with E-state index < -0.39 is 0 Å². The van der Waals surface area contributed by atoms with Crippen LogP contribution < -0.4 is 15.8 Å². The molecule has 0 heterocycles. The molecule has 3 N–H and O–H groups in total. The van der Waals surface area contributed by atoms with Gasteiger partial charge in [0.2, 0.25) is 0 Å². The summed E-state index contributed by atoms with van der Waals surface area (Å²) in [5.41, 5.74) is 12.3. The van der Waals surface area contributed by atoms with Gasteiger partial charge in [0.15, 0.2) is 0 Å². The van der Waals surface area contributed by atoms with Crippen LogP contribution in [-0.4, -0.2) is 18.7 Å². The average molecular weight is 430 g/mol. The van der Waals surface area contributed by atoms with E-state index in [1.54, 1.807) is 19.2 Å². The summed E-state index contributed by atoms with van der Waals surface area (Å²) in [5, 5.41) is 2.99. The number of nitrogens with zero attached hydrogens (tertiary/aromatic N) is 1. The van der Waals surface area contributed by atoms with Crippen molar-refractivity contribution in [2.75, 3.05) is 7.11 Å². The van der Waals surface area contributed by atoms with Crippen molar-refractivity contribution in [2.45, 2.75) is 44.9 Å². The second-order valence-electron chi connectivity index (χ2n) is 8.53. The Labute approximate surface area is 190 Å². The molecule has 1 fully saturated rings. The molecule has 0 aliphatic heterocycles. The lowest BCUT2D eigenvalue weighted by Crippen LogP contribution is -2.31. The second-order valence-corrected chi connectivity index (χ2v) is 8.53. The van der Waals surface area contributed by atoms with E-state index in [0.29, 0.717) is 11.3 Å². The molecule has 0 spiro atoms. The standard InChI is InChI=1S/C27H31N3O2/c1-18(29-27(31)20-11-7-4-8-12-20)25(19-9-5-3-6-10-19)30-26-23-15-14-22(32-2)17-21(23)13-16-24(26)28/h4,7-8,11-12,14-15,17,19H,1,3,5-6,9-10,13,16,28H2,2H3,(H,29,31). The number of nitrogens with one attached hydrogen (secondary N) is 1. The first-order chi connectivity index (χ1) is 15.6. The molecule has 2 aliphatic carbocycles. The van der Waals surface area contributed by atoms with Crippen molar-refractivity contribution in [1.29, 1.82) is 0 Å². The highest BCUT2D eigenvalue weighted by Crippen LogP contribution is 2.35. The van der Waals surface area contributed by atoms with Gasteiger partial charge in [0.1, 0.15) is 5.75 Å². The summed E-state index contributed by atoms with van der Waals surface area (Å²) >= 11 is 0. The number of nitrogens with two attached hydrogens (primary N) is 1. The highest BCUT2D eigenvalue weighted by atomic mass is 16.5. The van der Waals surface area contributed by atoms with E-state index in [0.717, 1.165) is 66.9 Å². The van der Waals surface area contributed by atoms with E-state index in [2.05, 4.69) is 18.0 Å². The molecule has 1 amide bonds. The van der Waals surface area contributed by atoms with Gasteiger partial charge in [0.25, 0.3) is 5.91 Å². The molecule has 4 rings (SSSR count). The Kier molecular flexibility index (Phi) is 6.74. The summed E-state index contributed by atoms with van der Waals surface area (Å²) in [4.78, 5) is 17.9. The first-order valence-corrected chi connectivity index (χ1v) is 11.4. The number of carbonyl (C=O) groups excluding carboxylic acids is 1. The van der Waals surface area contributed by atoms with E-state index in [1.807, 2.05) is 30.3 Å². The Hall–Kier alpha value is -3.34. The zero-order chi connectivity index (χ0) is 22.5. The number of rotatable bonds is 6. The third-order valence-electron chi connectivity index (χ3n) is 6.37. The van der Waals surface area contributed by atoms with Crippen LogP contribution in [0.25, 0.3) is 5.70 Å². The van der Waals surface area contributed by atoms with Crippen LogP contribution in [0.4, 0.5) is 0 Å². The molecular weight excluding hydrogens is 398 g/mol. The summed E-state index contributed by atoms with van der Waals surface area (Å²) in [5.74, 6) is 0.922. The van der Waals surface area contributed by atoms with Crippen molar-refractivity contribution in [3.63, 3.8) is 0 Å². The number of aliphatic imine (C=N–C) groups is 1. The lowest BCUT2D eigenvalue weighted by molar-refractivity contribution is 0.0968. The Bertz CT molecular complexity index is 1060. The van der Waals surface area contributed by atoms with Gasteiger partial charge in [-0.1, -0.05) is 44.0 Å². The molecule has 0 atom stereocenters. The second kappa shape index (κ2) is 9.86. The number of amides is 1. The van der Waals surface area contributed by atoms with Gasteiger partial charge in [-0.3, -0.25) is 4.79 Å². The molecule has 32 heavy (non-hydrogen) atoms. The topological polar surface area (TPSA) is 76.7 Å². The van der Waals surface area contributed by atoms with Crippen molar-refractivity contribution in [2.24, 2.45) is 16.6 Å². The fourth-order valence-corrected chi connectivity index (χ4v) is 4.59. The largest absolute Gasteiger partial charge is 0.497 e. The quantitative estimate of drug-likeness (QED) is 0.617. The van der Waals surface area contributed by atoms with E-state index in [9.17, 15) is 4.79 Å². The molecular formula is C27H31N3O2. The Morgan fingerprint density at radius 3 is 2.56 bits per heavy atom. The molecule has 0 radical (unpaired) electrons. The summed E-state index contributed by atoms with van der Waals surface area (Å²) in [7, 11) is 1.68. The minimum Gasteiger partial charge on any atom is -0.497 e. The molecule has 166 valence electrons. The first-order valence-electron chi connectivity index (χ1n) is 11.4. The van der Waals surface area contributed by atoms with Gasteiger partial charge >= 0.3 is 0 Å². The van der Waals surface area contributed by atoms with E-state index in [-0.39, 0.29) is 11.8 Å². The summed E-state index contributed by atoms with van der Waals surface area (Å²) in [6, 6.07) is 15.2. The number of hydrogen-bond acceptors (Lipinski definition) is 4. The average Bonchev–Trinajstić information content (AvgIpc) is 2.84. The van der Waals surface area contributed by atoms with Gasteiger partial charge < -0.3 is 15.8 Å². The Morgan fingerprint density at radius 2 is 1.84 bits per heavy atom. The third-order valence-corrected chi connectivity index (χ3v) is 6.37. The van der Waals surface area contributed by atoms with Crippen LogP contribution in [0.2, 0.25) is 0 Å². The molecule has 2 aromatic carbocycles. The number of allylic oxidation sites excluding steroid dienone is 2. The van der Waals surface area contributed by atoms with Crippen LogP contribution in [0.3, 0.4) is 0 Å².